The van der Waals surface area contributed by atoms with E-state index in [0.29, 0.717) is 41.9 Å². The Morgan fingerprint density at radius 3 is 2.59 bits per heavy atom. The van der Waals surface area contributed by atoms with Crippen LogP contribution in [0, 0.1) is 6.92 Å². The molecule has 0 spiro atoms. The van der Waals surface area contributed by atoms with Gasteiger partial charge in [0.25, 0.3) is 0 Å². The number of nitrogens with zero attached hydrogens (tertiary/aromatic N) is 3. The smallest absolute Gasteiger partial charge is 0.246 e. The van der Waals surface area contributed by atoms with Gasteiger partial charge in [0.1, 0.15) is 0 Å². The van der Waals surface area contributed by atoms with Crippen LogP contribution in [0.2, 0.25) is 0 Å². The molecule has 1 aliphatic heterocycles. The highest BCUT2D eigenvalue weighted by molar-refractivity contribution is 7.89. The van der Waals surface area contributed by atoms with E-state index in [2.05, 4.69) is 15.5 Å². The number of hydrogen-bond donors (Lipinski definition) is 1. The second-order valence-electron chi connectivity index (χ2n) is 7.22. The van der Waals surface area contributed by atoms with Gasteiger partial charge in [0.15, 0.2) is 0 Å². The molecule has 1 aliphatic rings. The minimum atomic E-state index is -3.46. The van der Waals surface area contributed by atoms with Crippen LogP contribution in [0.5, 0.6) is 0 Å². The van der Waals surface area contributed by atoms with Crippen molar-refractivity contribution in [2.24, 2.45) is 0 Å². The van der Waals surface area contributed by atoms with Gasteiger partial charge in [-0.25, -0.2) is 8.42 Å². The molecule has 1 aromatic heterocycles. The zero-order valence-corrected chi connectivity index (χ0v) is 17.2. The molecule has 7 nitrogen and oxygen atoms in total. The van der Waals surface area contributed by atoms with Gasteiger partial charge in [-0.3, -0.25) is 0 Å². The third-order valence-electron chi connectivity index (χ3n) is 5.01. The van der Waals surface area contributed by atoms with Crippen LogP contribution in [0.4, 0.5) is 5.69 Å². The highest BCUT2D eigenvalue weighted by atomic mass is 32.2. The Kier molecular flexibility index (Phi) is 5.64. The van der Waals surface area contributed by atoms with Crippen molar-refractivity contribution in [2.75, 3.05) is 18.4 Å². The number of piperidine rings is 1. The van der Waals surface area contributed by atoms with Gasteiger partial charge in [0, 0.05) is 24.3 Å². The van der Waals surface area contributed by atoms with Gasteiger partial charge >= 0.3 is 0 Å². The van der Waals surface area contributed by atoms with Gasteiger partial charge in [-0.15, -0.1) is 0 Å². The van der Waals surface area contributed by atoms with E-state index < -0.39 is 10.0 Å². The van der Waals surface area contributed by atoms with Gasteiger partial charge in [-0.05, 0) is 38.0 Å². The molecule has 2 aromatic carbocycles. The Labute approximate surface area is 170 Å². The molecule has 1 fully saturated rings. The first-order valence-electron chi connectivity index (χ1n) is 9.76. The van der Waals surface area contributed by atoms with Gasteiger partial charge in [-0.2, -0.15) is 9.29 Å². The predicted molar refractivity (Wildman–Crippen MR) is 111 cm³/mol. The number of aromatic nitrogens is 2. The fourth-order valence-electron chi connectivity index (χ4n) is 3.35. The molecule has 2 heterocycles. The Balaban J connectivity index is 1.44. The minimum Gasteiger partial charge on any atom is -0.376 e. The van der Waals surface area contributed by atoms with Crippen molar-refractivity contribution in [3.8, 4) is 11.4 Å². The Bertz CT molecular complexity index is 1070. The third-order valence-corrected chi connectivity index (χ3v) is 6.90. The second kappa shape index (κ2) is 8.34. The van der Waals surface area contributed by atoms with E-state index in [9.17, 15) is 8.42 Å². The summed E-state index contributed by atoms with van der Waals surface area (Å²) >= 11 is 0. The number of benzene rings is 2. The molecular weight excluding hydrogens is 388 g/mol. The summed E-state index contributed by atoms with van der Waals surface area (Å²) in [6.45, 7) is 3.51. The Hall–Kier alpha value is -2.71. The number of sulfonamides is 1. The molecule has 4 rings (SSSR count). The summed E-state index contributed by atoms with van der Waals surface area (Å²) in [7, 11) is -3.46. The maximum absolute atomic E-state index is 12.9. The fraction of sp³-hybridized carbons (Fsp3) is 0.333. The van der Waals surface area contributed by atoms with Crippen LogP contribution < -0.4 is 5.32 Å². The largest absolute Gasteiger partial charge is 0.376 e. The molecule has 0 amide bonds. The average molecular weight is 413 g/mol. The summed E-state index contributed by atoms with van der Waals surface area (Å²) < 4.78 is 32.6. The van der Waals surface area contributed by atoms with E-state index in [4.69, 9.17) is 4.52 Å². The number of nitrogens with one attached hydrogen (secondary N) is 1. The topological polar surface area (TPSA) is 88.3 Å². The van der Waals surface area contributed by atoms with Crippen molar-refractivity contribution in [3.05, 3.63) is 60.0 Å². The van der Waals surface area contributed by atoms with E-state index in [-0.39, 0.29) is 0 Å². The van der Waals surface area contributed by atoms with E-state index in [0.717, 1.165) is 24.8 Å². The fourth-order valence-corrected chi connectivity index (χ4v) is 4.91. The molecule has 0 bridgehead atoms. The van der Waals surface area contributed by atoms with E-state index in [1.807, 2.05) is 37.3 Å². The molecule has 1 N–H and O–H groups in total. The number of anilines is 1. The lowest BCUT2D eigenvalue weighted by Crippen LogP contribution is -2.35. The third kappa shape index (κ3) is 4.49. The van der Waals surface area contributed by atoms with Crippen LogP contribution in [0.1, 0.15) is 30.7 Å². The molecule has 0 radical (unpaired) electrons. The molecule has 152 valence electrons. The molecule has 0 unspecified atom stereocenters. The van der Waals surface area contributed by atoms with Gasteiger partial charge < -0.3 is 9.84 Å². The van der Waals surface area contributed by atoms with Crippen molar-refractivity contribution in [1.82, 2.24) is 14.4 Å². The quantitative estimate of drug-likeness (QED) is 0.662. The van der Waals surface area contributed by atoms with Crippen LogP contribution in [-0.4, -0.2) is 36.0 Å². The van der Waals surface area contributed by atoms with E-state index in [1.54, 1.807) is 22.5 Å². The lowest BCUT2D eigenvalue weighted by molar-refractivity contribution is 0.346. The maximum atomic E-state index is 12.9. The molecule has 0 saturated carbocycles. The molecule has 1 saturated heterocycles. The number of aryl methyl sites for hydroxylation is 1. The Morgan fingerprint density at radius 1 is 1.07 bits per heavy atom. The Morgan fingerprint density at radius 2 is 1.83 bits per heavy atom. The summed E-state index contributed by atoms with van der Waals surface area (Å²) in [5.74, 6) is 0.966. The molecule has 0 aliphatic carbocycles. The number of hydrogen-bond acceptors (Lipinski definition) is 6. The summed E-state index contributed by atoms with van der Waals surface area (Å²) in [4.78, 5) is 4.70. The molecule has 8 heteroatoms. The van der Waals surface area contributed by atoms with Crippen LogP contribution in [0.25, 0.3) is 11.4 Å². The summed E-state index contributed by atoms with van der Waals surface area (Å²) in [6.07, 6.45) is 2.91. The molecule has 0 atom stereocenters. The lowest BCUT2D eigenvalue weighted by atomic mass is 10.1. The van der Waals surface area contributed by atoms with Gasteiger partial charge in [-0.1, -0.05) is 47.5 Å². The van der Waals surface area contributed by atoms with Crippen LogP contribution in [0.3, 0.4) is 0 Å². The van der Waals surface area contributed by atoms with Crippen molar-refractivity contribution in [2.45, 2.75) is 37.6 Å². The lowest BCUT2D eigenvalue weighted by Gasteiger charge is -2.26. The van der Waals surface area contributed by atoms with E-state index >= 15 is 0 Å². The highest BCUT2D eigenvalue weighted by Crippen LogP contribution is 2.23. The summed E-state index contributed by atoms with van der Waals surface area (Å²) in [5.41, 5.74) is 2.75. The first-order chi connectivity index (χ1) is 14.0. The predicted octanol–water partition coefficient (Wildman–Crippen LogP) is 3.83. The van der Waals surface area contributed by atoms with Crippen LogP contribution in [-0.2, 0) is 16.6 Å². The van der Waals surface area contributed by atoms with Crippen molar-refractivity contribution in [3.63, 3.8) is 0 Å². The first-order valence-corrected chi connectivity index (χ1v) is 11.2. The normalized spacial score (nSPS) is 15.3. The van der Waals surface area contributed by atoms with Crippen LogP contribution >= 0.6 is 0 Å². The average Bonchev–Trinajstić information content (AvgIpc) is 3.23. The number of rotatable bonds is 6. The molecular formula is C21H24N4O3S. The molecule has 3 aromatic rings. The SMILES string of the molecule is Cc1ccc(-c2noc(CNc3cccc(S(=O)(=O)N4CCCCC4)c3)n2)cc1. The van der Waals surface area contributed by atoms with E-state index in [1.165, 1.54) is 5.56 Å². The summed E-state index contributed by atoms with van der Waals surface area (Å²) in [6, 6.07) is 14.8. The molecule has 29 heavy (non-hydrogen) atoms. The second-order valence-corrected chi connectivity index (χ2v) is 9.16. The van der Waals surface area contributed by atoms with Crippen molar-refractivity contribution >= 4 is 15.7 Å². The van der Waals surface area contributed by atoms with Crippen LogP contribution in [0.15, 0.2) is 57.9 Å². The van der Waals surface area contributed by atoms with Gasteiger partial charge in [0.2, 0.25) is 21.7 Å². The zero-order valence-electron chi connectivity index (χ0n) is 16.3. The zero-order chi connectivity index (χ0) is 20.3. The van der Waals surface area contributed by atoms with Crippen molar-refractivity contribution in [1.29, 1.82) is 0 Å². The summed E-state index contributed by atoms with van der Waals surface area (Å²) in [5, 5.41) is 7.19. The van der Waals surface area contributed by atoms with Crippen molar-refractivity contribution < 1.29 is 12.9 Å². The van der Waals surface area contributed by atoms with Gasteiger partial charge in [0.05, 0.1) is 11.4 Å². The maximum Gasteiger partial charge on any atom is 0.246 e. The standard InChI is InChI=1S/C21H24N4O3S/c1-16-8-10-17(11-9-16)21-23-20(28-24-21)15-22-18-6-5-7-19(14-18)29(26,27)25-12-3-2-4-13-25/h5-11,14,22H,2-4,12-13,15H2,1H3. The first kappa shape index (κ1) is 19.6. The highest BCUT2D eigenvalue weighted by Gasteiger charge is 2.26. The monoisotopic (exact) mass is 412 g/mol. The minimum absolute atomic E-state index is 0.301.